The lowest BCUT2D eigenvalue weighted by atomic mass is 10.2. The van der Waals surface area contributed by atoms with E-state index >= 15 is 0 Å². The summed E-state index contributed by atoms with van der Waals surface area (Å²) in [6, 6.07) is 2.74. The van der Waals surface area contributed by atoms with E-state index in [-0.39, 0.29) is 5.69 Å². The van der Waals surface area contributed by atoms with Crippen molar-refractivity contribution < 1.29 is 17.6 Å². The van der Waals surface area contributed by atoms with Crippen molar-refractivity contribution in [1.29, 1.82) is 0 Å². The van der Waals surface area contributed by atoms with E-state index in [0.29, 0.717) is 13.1 Å². The maximum Gasteiger partial charge on any atom is 0.419 e. The Morgan fingerprint density at radius 3 is 2.47 bits per heavy atom. The van der Waals surface area contributed by atoms with Crippen LogP contribution in [0, 0.1) is 5.82 Å². The first-order chi connectivity index (χ1) is 6.95. The zero-order valence-electron chi connectivity index (χ0n) is 7.74. The molecule has 0 aliphatic heterocycles. The number of halogens is 4. The van der Waals surface area contributed by atoms with Crippen LogP contribution in [0.2, 0.25) is 0 Å². The highest BCUT2D eigenvalue weighted by Gasteiger charge is 2.34. The van der Waals surface area contributed by atoms with Gasteiger partial charge in [-0.2, -0.15) is 13.2 Å². The first kappa shape index (κ1) is 11.8. The smallest absolute Gasteiger partial charge is 0.384 e. The number of rotatable bonds is 3. The van der Waals surface area contributed by atoms with Gasteiger partial charge in [0.2, 0.25) is 0 Å². The summed E-state index contributed by atoms with van der Waals surface area (Å²) >= 11 is 0. The minimum atomic E-state index is -4.68. The van der Waals surface area contributed by atoms with Crippen LogP contribution in [0.3, 0.4) is 0 Å². The Kier molecular flexibility index (Phi) is 3.52. The third-order valence-electron chi connectivity index (χ3n) is 1.75. The monoisotopic (exact) mass is 222 g/mol. The van der Waals surface area contributed by atoms with Crippen molar-refractivity contribution in [3.63, 3.8) is 0 Å². The highest BCUT2D eigenvalue weighted by Crippen LogP contribution is 2.32. The van der Waals surface area contributed by atoms with Crippen molar-refractivity contribution >= 4 is 5.69 Å². The summed E-state index contributed by atoms with van der Waals surface area (Å²) in [5.41, 5.74) is 4.10. The van der Waals surface area contributed by atoms with E-state index < -0.39 is 17.6 Å². The van der Waals surface area contributed by atoms with E-state index in [4.69, 9.17) is 5.73 Å². The number of anilines is 1. The molecule has 15 heavy (non-hydrogen) atoms. The lowest BCUT2D eigenvalue weighted by Gasteiger charge is -2.10. The van der Waals surface area contributed by atoms with Gasteiger partial charge in [-0.1, -0.05) is 0 Å². The molecule has 0 saturated heterocycles. The highest BCUT2D eigenvalue weighted by molar-refractivity contribution is 5.47. The molecule has 0 aliphatic carbocycles. The fourth-order valence-corrected chi connectivity index (χ4v) is 1.07. The Morgan fingerprint density at radius 1 is 1.27 bits per heavy atom. The molecule has 0 unspecified atom stereocenters. The molecule has 0 radical (unpaired) electrons. The average Bonchev–Trinajstić information content (AvgIpc) is 2.15. The Labute approximate surface area is 84.1 Å². The third kappa shape index (κ3) is 3.09. The predicted octanol–water partition coefficient (Wildman–Crippen LogP) is 2.22. The van der Waals surface area contributed by atoms with E-state index in [1.165, 1.54) is 6.07 Å². The van der Waals surface area contributed by atoms with Crippen LogP contribution < -0.4 is 11.1 Å². The molecule has 84 valence electrons. The van der Waals surface area contributed by atoms with Crippen molar-refractivity contribution in [2.45, 2.75) is 6.18 Å². The van der Waals surface area contributed by atoms with Crippen LogP contribution in [0.4, 0.5) is 23.2 Å². The zero-order valence-corrected chi connectivity index (χ0v) is 7.74. The van der Waals surface area contributed by atoms with Gasteiger partial charge >= 0.3 is 6.18 Å². The molecule has 3 N–H and O–H groups in total. The lowest BCUT2D eigenvalue weighted by Crippen LogP contribution is -2.14. The molecular formula is C9H10F4N2. The summed E-state index contributed by atoms with van der Waals surface area (Å²) in [5, 5.41) is 2.64. The Bertz CT molecular complexity index is 335. The van der Waals surface area contributed by atoms with E-state index in [2.05, 4.69) is 5.32 Å². The molecule has 6 heteroatoms. The van der Waals surface area contributed by atoms with Crippen LogP contribution in [-0.4, -0.2) is 13.1 Å². The molecule has 2 nitrogen and oxygen atoms in total. The SMILES string of the molecule is NCCNc1ccc(F)c(C(F)(F)F)c1. The number of nitrogens with two attached hydrogens (primary N) is 1. The molecule has 0 aromatic heterocycles. The van der Waals surface area contributed by atoms with Gasteiger partial charge in [-0.3, -0.25) is 0 Å². The second-order valence-corrected chi connectivity index (χ2v) is 2.91. The van der Waals surface area contributed by atoms with Crippen molar-refractivity contribution in [1.82, 2.24) is 0 Å². The molecule has 1 rings (SSSR count). The molecule has 0 saturated carbocycles. The molecule has 0 bridgehead atoms. The maximum atomic E-state index is 12.8. The van der Waals surface area contributed by atoms with E-state index in [1.54, 1.807) is 0 Å². The molecule has 0 amide bonds. The van der Waals surface area contributed by atoms with Gasteiger partial charge in [-0.15, -0.1) is 0 Å². The molecule has 0 spiro atoms. The van der Waals surface area contributed by atoms with Crippen molar-refractivity contribution in [3.05, 3.63) is 29.6 Å². The summed E-state index contributed by atoms with van der Waals surface area (Å²) in [5.74, 6) is -1.28. The predicted molar refractivity (Wildman–Crippen MR) is 48.9 cm³/mol. The van der Waals surface area contributed by atoms with Gasteiger partial charge in [0, 0.05) is 18.8 Å². The molecule has 0 fully saturated rings. The first-order valence-electron chi connectivity index (χ1n) is 4.26. The van der Waals surface area contributed by atoms with Gasteiger partial charge in [0.05, 0.1) is 5.56 Å². The Hall–Kier alpha value is -1.30. The van der Waals surface area contributed by atoms with Gasteiger partial charge in [0.1, 0.15) is 5.82 Å². The summed E-state index contributed by atoms with van der Waals surface area (Å²) in [6.07, 6.45) is -4.68. The topological polar surface area (TPSA) is 38.0 Å². The fraction of sp³-hybridized carbons (Fsp3) is 0.333. The minimum Gasteiger partial charge on any atom is -0.384 e. The van der Waals surface area contributed by atoms with Crippen LogP contribution >= 0.6 is 0 Å². The van der Waals surface area contributed by atoms with Gasteiger partial charge in [-0.05, 0) is 18.2 Å². The van der Waals surface area contributed by atoms with Gasteiger partial charge in [0.15, 0.2) is 0 Å². The first-order valence-corrected chi connectivity index (χ1v) is 4.26. The average molecular weight is 222 g/mol. The second-order valence-electron chi connectivity index (χ2n) is 2.91. The van der Waals surface area contributed by atoms with Gasteiger partial charge in [0.25, 0.3) is 0 Å². The highest BCUT2D eigenvalue weighted by atomic mass is 19.4. The van der Waals surface area contributed by atoms with Crippen molar-refractivity contribution in [2.75, 3.05) is 18.4 Å². The van der Waals surface area contributed by atoms with Crippen LogP contribution in [-0.2, 0) is 6.18 Å². The van der Waals surface area contributed by atoms with Gasteiger partial charge < -0.3 is 11.1 Å². The second kappa shape index (κ2) is 4.48. The minimum absolute atomic E-state index is 0.203. The molecule has 1 aromatic rings. The summed E-state index contributed by atoms with van der Waals surface area (Å²) in [7, 11) is 0. The zero-order chi connectivity index (χ0) is 11.5. The molecule has 0 atom stereocenters. The third-order valence-corrected chi connectivity index (χ3v) is 1.75. The molecule has 0 aliphatic rings. The van der Waals surface area contributed by atoms with E-state index in [0.717, 1.165) is 12.1 Å². The van der Waals surface area contributed by atoms with Crippen molar-refractivity contribution in [2.24, 2.45) is 5.73 Å². The van der Waals surface area contributed by atoms with Gasteiger partial charge in [-0.25, -0.2) is 4.39 Å². The summed E-state index contributed by atoms with van der Waals surface area (Å²) in [4.78, 5) is 0. The fourth-order valence-electron chi connectivity index (χ4n) is 1.07. The number of hydrogen-bond donors (Lipinski definition) is 2. The summed E-state index contributed by atoms with van der Waals surface area (Å²) in [6.45, 7) is 0.627. The standard InChI is InChI=1S/C9H10F4N2/c10-8-2-1-6(15-4-3-14)5-7(8)9(11,12)13/h1-2,5,15H,3-4,14H2. The van der Waals surface area contributed by atoms with Crippen LogP contribution in [0.5, 0.6) is 0 Å². The Balaban J connectivity index is 2.95. The summed E-state index contributed by atoms with van der Waals surface area (Å²) < 4.78 is 49.6. The number of alkyl halides is 3. The van der Waals surface area contributed by atoms with E-state index in [1.807, 2.05) is 0 Å². The quantitative estimate of drug-likeness (QED) is 0.769. The number of hydrogen-bond acceptors (Lipinski definition) is 2. The number of nitrogens with one attached hydrogen (secondary N) is 1. The number of benzene rings is 1. The molecule has 0 heterocycles. The van der Waals surface area contributed by atoms with Crippen LogP contribution in [0.25, 0.3) is 0 Å². The van der Waals surface area contributed by atoms with Crippen LogP contribution in [0.1, 0.15) is 5.56 Å². The normalized spacial score (nSPS) is 11.5. The van der Waals surface area contributed by atoms with E-state index in [9.17, 15) is 17.6 Å². The van der Waals surface area contributed by atoms with Crippen LogP contribution in [0.15, 0.2) is 18.2 Å². The maximum absolute atomic E-state index is 12.8. The lowest BCUT2D eigenvalue weighted by molar-refractivity contribution is -0.139. The molecular weight excluding hydrogens is 212 g/mol. The van der Waals surface area contributed by atoms with Crippen molar-refractivity contribution in [3.8, 4) is 0 Å². The molecule has 1 aromatic carbocycles. The Morgan fingerprint density at radius 2 is 1.93 bits per heavy atom. The largest absolute Gasteiger partial charge is 0.419 e.